The van der Waals surface area contributed by atoms with Crippen LogP contribution in [0.4, 0.5) is 0 Å². The van der Waals surface area contributed by atoms with E-state index in [1.54, 1.807) is 10.9 Å². The Hall–Kier alpha value is -2.93. The average Bonchev–Trinajstić information content (AvgIpc) is 2.97. The average molecular weight is 353 g/mol. The Morgan fingerprint density at radius 1 is 1.28 bits per heavy atom. The normalized spacial score (nSPS) is 11.0. The van der Waals surface area contributed by atoms with Gasteiger partial charge >= 0.3 is 0 Å². The molecule has 1 heterocycles. The van der Waals surface area contributed by atoms with Gasteiger partial charge in [0.25, 0.3) is 0 Å². The number of hydrogen-bond acceptors (Lipinski definition) is 5. The van der Waals surface area contributed by atoms with Gasteiger partial charge < -0.3 is 4.74 Å². The summed E-state index contributed by atoms with van der Waals surface area (Å²) in [5.74, 6) is 1.46. The number of aryl methyl sites for hydroxylation is 1. The maximum atomic E-state index is 5.46. The van der Waals surface area contributed by atoms with Crippen LogP contribution in [0, 0.1) is 11.7 Å². The van der Waals surface area contributed by atoms with E-state index in [1.165, 1.54) is 5.56 Å². The quantitative estimate of drug-likeness (QED) is 0.401. The first-order chi connectivity index (χ1) is 12.2. The smallest absolute Gasteiger partial charge is 0.216 e. The van der Waals surface area contributed by atoms with E-state index < -0.39 is 0 Å². The van der Waals surface area contributed by atoms with Crippen LogP contribution in [-0.4, -0.2) is 27.7 Å². The van der Waals surface area contributed by atoms with E-state index >= 15 is 0 Å². The van der Waals surface area contributed by atoms with E-state index in [1.807, 2.05) is 62.4 Å². The van der Waals surface area contributed by atoms with Crippen molar-refractivity contribution in [3.05, 3.63) is 64.4 Å². The molecule has 0 bridgehead atoms. The van der Waals surface area contributed by atoms with Crippen LogP contribution in [0.3, 0.4) is 0 Å². The Bertz CT molecular complexity index is 927. The molecule has 0 amide bonds. The van der Waals surface area contributed by atoms with Crippen molar-refractivity contribution in [1.29, 1.82) is 0 Å². The molecule has 0 fully saturated rings. The van der Waals surface area contributed by atoms with Crippen LogP contribution in [0.2, 0.25) is 0 Å². The minimum atomic E-state index is 0.435. The molecule has 7 heteroatoms. The molecular weight excluding hydrogens is 334 g/mol. The Morgan fingerprint density at radius 3 is 2.80 bits per heavy atom. The number of hydrogen-bond donors (Lipinski definition) is 2. The summed E-state index contributed by atoms with van der Waals surface area (Å²) in [6.07, 6.45) is 1.74. The molecule has 0 aliphatic rings. The third kappa shape index (κ3) is 4.13. The number of nitrogens with one attached hydrogen (secondary N) is 2. The highest BCUT2D eigenvalue weighted by Gasteiger charge is 2.08. The van der Waals surface area contributed by atoms with Crippen molar-refractivity contribution >= 4 is 18.4 Å². The second-order valence-electron chi connectivity index (χ2n) is 5.42. The predicted molar refractivity (Wildman–Crippen MR) is 102 cm³/mol. The number of nitrogens with zero attached hydrogens (tertiary/aromatic N) is 3. The molecule has 25 heavy (non-hydrogen) atoms. The molecule has 1 aromatic heterocycles. The summed E-state index contributed by atoms with van der Waals surface area (Å²) in [4.78, 5) is 0. The SMILES string of the molecule is CCOc1ccc(-c2n[nH]c(=S)n2NN=Cc2cccc(C)c2)cc1. The van der Waals surface area contributed by atoms with Gasteiger partial charge in [-0.05, 0) is 55.9 Å². The third-order valence-electron chi connectivity index (χ3n) is 3.51. The molecule has 3 rings (SSSR count). The van der Waals surface area contributed by atoms with Gasteiger partial charge in [-0.15, -0.1) is 0 Å². The molecule has 0 saturated carbocycles. The van der Waals surface area contributed by atoms with E-state index in [0.29, 0.717) is 17.2 Å². The van der Waals surface area contributed by atoms with Crippen molar-refractivity contribution in [2.75, 3.05) is 12.1 Å². The molecule has 0 spiro atoms. The van der Waals surface area contributed by atoms with E-state index in [-0.39, 0.29) is 0 Å². The third-order valence-corrected chi connectivity index (χ3v) is 3.78. The predicted octanol–water partition coefficient (Wildman–Crippen LogP) is 3.89. The van der Waals surface area contributed by atoms with Crippen molar-refractivity contribution in [1.82, 2.24) is 14.9 Å². The second kappa shape index (κ2) is 7.76. The zero-order valence-corrected chi connectivity index (χ0v) is 14.9. The van der Waals surface area contributed by atoms with Crippen LogP contribution >= 0.6 is 12.2 Å². The lowest BCUT2D eigenvalue weighted by Gasteiger charge is -2.07. The second-order valence-corrected chi connectivity index (χ2v) is 5.80. The molecule has 0 aliphatic heterocycles. The van der Waals surface area contributed by atoms with Gasteiger partial charge in [-0.3, -0.25) is 0 Å². The fourth-order valence-corrected chi connectivity index (χ4v) is 2.53. The number of aromatic amines is 1. The van der Waals surface area contributed by atoms with Crippen molar-refractivity contribution in [2.24, 2.45) is 5.10 Å². The highest BCUT2D eigenvalue weighted by molar-refractivity contribution is 7.71. The Kier molecular flexibility index (Phi) is 5.25. The summed E-state index contributed by atoms with van der Waals surface area (Å²) < 4.78 is 7.52. The largest absolute Gasteiger partial charge is 0.494 e. The van der Waals surface area contributed by atoms with E-state index in [9.17, 15) is 0 Å². The Morgan fingerprint density at radius 2 is 2.08 bits per heavy atom. The van der Waals surface area contributed by atoms with Gasteiger partial charge in [0.1, 0.15) is 5.75 Å². The first-order valence-electron chi connectivity index (χ1n) is 7.94. The molecule has 2 N–H and O–H groups in total. The molecule has 0 atom stereocenters. The molecule has 0 saturated heterocycles. The monoisotopic (exact) mass is 353 g/mol. The van der Waals surface area contributed by atoms with Crippen molar-refractivity contribution < 1.29 is 4.74 Å². The van der Waals surface area contributed by atoms with Crippen LogP contribution in [0.15, 0.2) is 53.6 Å². The van der Waals surface area contributed by atoms with Crippen molar-refractivity contribution in [3.63, 3.8) is 0 Å². The number of ether oxygens (including phenoxy) is 1. The van der Waals surface area contributed by atoms with Crippen molar-refractivity contribution in [2.45, 2.75) is 13.8 Å². The summed E-state index contributed by atoms with van der Waals surface area (Å²) in [5, 5.41) is 11.3. The highest BCUT2D eigenvalue weighted by atomic mass is 32.1. The van der Waals surface area contributed by atoms with Crippen LogP contribution in [0.1, 0.15) is 18.1 Å². The fourth-order valence-electron chi connectivity index (χ4n) is 2.36. The number of hydrazone groups is 1. The van der Waals surface area contributed by atoms with Crippen molar-refractivity contribution in [3.8, 4) is 17.1 Å². The molecule has 2 aromatic carbocycles. The lowest BCUT2D eigenvalue weighted by molar-refractivity contribution is 0.340. The zero-order valence-electron chi connectivity index (χ0n) is 14.1. The van der Waals surface area contributed by atoms with Crippen LogP contribution < -0.4 is 10.3 Å². The van der Waals surface area contributed by atoms with Crippen LogP contribution in [0.5, 0.6) is 5.75 Å². The number of rotatable bonds is 6. The maximum Gasteiger partial charge on any atom is 0.216 e. The number of benzene rings is 2. The van der Waals surface area contributed by atoms with Gasteiger partial charge in [-0.2, -0.15) is 14.9 Å². The first kappa shape index (κ1) is 16.9. The summed E-state index contributed by atoms with van der Waals surface area (Å²) in [6, 6.07) is 15.7. The molecule has 0 aliphatic carbocycles. The zero-order chi connectivity index (χ0) is 17.6. The number of aromatic nitrogens is 3. The summed E-state index contributed by atoms with van der Waals surface area (Å²) in [6.45, 7) is 4.63. The lowest BCUT2D eigenvalue weighted by atomic mass is 10.2. The van der Waals surface area contributed by atoms with Gasteiger partial charge in [0.05, 0.1) is 12.8 Å². The summed E-state index contributed by atoms with van der Waals surface area (Å²) in [7, 11) is 0. The van der Waals surface area contributed by atoms with Crippen LogP contribution in [0.25, 0.3) is 11.4 Å². The standard InChI is InChI=1S/C18H19N5OS/c1-3-24-16-9-7-15(8-10-16)17-20-21-18(25)23(17)22-19-12-14-6-4-5-13(2)11-14/h4-12,22H,3H2,1-2H3,(H,21,25). The fraction of sp³-hybridized carbons (Fsp3) is 0.167. The Labute approximate surface area is 151 Å². The highest BCUT2D eigenvalue weighted by Crippen LogP contribution is 2.20. The topological polar surface area (TPSA) is 67.2 Å². The minimum Gasteiger partial charge on any atom is -0.494 e. The van der Waals surface area contributed by atoms with E-state index in [2.05, 4.69) is 20.8 Å². The van der Waals surface area contributed by atoms with Gasteiger partial charge in [0.15, 0.2) is 5.82 Å². The molecule has 0 unspecified atom stereocenters. The number of H-pyrrole nitrogens is 1. The van der Waals surface area contributed by atoms with Gasteiger partial charge in [-0.25, -0.2) is 10.6 Å². The van der Waals surface area contributed by atoms with Gasteiger partial charge in [0, 0.05) is 5.56 Å². The van der Waals surface area contributed by atoms with Crippen LogP contribution in [-0.2, 0) is 0 Å². The molecule has 0 radical (unpaired) electrons. The lowest BCUT2D eigenvalue weighted by Crippen LogP contribution is -2.10. The molecule has 128 valence electrons. The van der Waals surface area contributed by atoms with Gasteiger partial charge in [0.2, 0.25) is 4.77 Å². The molecule has 6 nitrogen and oxygen atoms in total. The van der Waals surface area contributed by atoms with E-state index in [0.717, 1.165) is 16.9 Å². The maximum absolute atomic E-state index is 5.46. The minimum absolute atomic E-state index is 0.435. The molecule has 3 aromatic rings. The Balaban J connectivity index is 1.81. The van der Waals surface area contributed by atoms with Gasteiger partial charge in [-0.1, -0.05) is 29.8 Å². The molecular formula is C18H19N5OS. The summed E-state index contributed by atoms with van der Waals surface area (Å²) in [5.41, 5.74) is 6.01. The summed E-state index contributed by atoms with van der Waals surface area (Å²) >= 11 is 5.27. The van der Waals surface area contributed by atoms with E-state index in [4.69, 9.17) is 17.0 Å². The first-order valence-corrected chi connectivity index (χ1v) is 8.34.